The van der Waals surface area contributed by atoms with E-state index in [0.717, 1.165) is 5.03 Å². The summed E-state index contributed by atoms with van der Waals surface area (Å²) in [5.74, 6) is 0. The summed E-state index contributed by atoms with van der Waals surface area (Å²) in [4.78, 5) is 0. The maximum atomic E-state index is 9.75. The normalized spacial score (nSPS) is 12.3. The number of hydrogen-bond donors (Lipinski definition) is 0. The van der Waals surface area contributed by atoms with Gasteiger partial charge in [0.25, 0.3) is 0 Å². The van der Waals surface area contributed by atoms with Gasteiger partial charge in [0.05, 0.1) is 0 Å². The van der Waals surface area contributed by atoms with Crippen LogP contribution in [0.2, 0.25) is 0 Å². The van der Waals surface area contributed by atoms with Gasteiger partial charge in [0.1, 0.15) is 0 Å². The molecular formula is C12H13BClF4NTe. The van der Waals surface area contributed by atoms with Crippen molar-refractivity contribution < 1.29 is 20.1 Å². The number of fused-ring (bicyclic) bond motifs is 1. The molecule has 0 unspecified atom stereocenters. The second kappa shape index (κ2) is 6.97. The van der Waals surface area contributed by atoms with Gasteiger partial charge in [0.2, 0.25) is 0 Å². The summed E-state index contributed by atoms with van der Waals surface area (Å²) in [5.41, 5.74) is 2.67. The van der Waals surface area contributed by atoms with E-state index in [-0.39, 0.29) is 20.7 Å². The van der Waals surface area contributed by atoms with Crippen LogP contribution in [0, 0.1) is 13.8 Å². The maximum Gasteiger partial charge on any atom is 0.673 e. The Labute approximate surface area is 129 Å². The number of aromatic nitrogens is 1. The number of hydrogen-bond acceptors (Lipinski definition) is 0. The van der Waals surface area contributed by atoms with E-state index < -0.39 is 7.25 Å². The molecule has 1 nitrogen and oxygen atoms in total. The monoisotopic (exact) mass is 423 g/mol. The maximum absolute atomic E-state index is 9.75. The van der Waals surface area contributed by atoms with Crippen LogP contribution in [0.15, 0.2) is 23.2 Å². The standard InChI is InChI=1S/C12H13ClNTe.BF4/c1-8-4-5-12-11(6-8)10(3)14(15-12)7-9(2)13;2-1(3,4)5/h4-7H,1-3H3;/q+1;-1. The molecule has 1 heterocycles. The van der Waals surface area contributed by atoms with Crippen LogP contribution < -0.4 is 2.79 Å². The largest absolute Gasteiger partial charge is 0.673 e. The first-order valence-electron chi connectivity index (χ1n) is 5.71. The van der Waals surface area contributed by atoms with E-state index in [0.29, 0.717) is 0 Å². The average molecular weight is 421 g/mol. The van der Waals surface area contributed by atoms with Crippen molar-refractivity contribution in [1.82, 2.24) is 0 Å². The fourth-order valence-electron chi connectivity index (χ4n) is 1.58. The van der Waals surface area contributed by atoms with E-state index >= 15 is 0 Å². The molecule has 0 radical (unpaired) electrons. The quantitative estimate of drug-likeness (QED) is 0.481. The fourth-order valence-corrected chi connectivity index (χ4v) is 4.98. The predicted octanol–water partition coefficient (Wildman–Crippen LogP) is 4.16. The molecule has 0 spiro atoms. The Hall–Kier alpha value is -0.505. The van der Waals surface area contributed by atoms with Crippen molar-refractivity contribution in [3.63, 3.8) is 0 Å². The average Bonchev–Trinajstić information content (AvgIpc) is 2.53. The molecule has 0 aliphatic carbocycles. The van der Waals surface area contributed by atoms with Crippen molar-refractivity contribution in [1.29, 1.82) is 0 Å². The minimum atomic E-state index is -6.00. The Morgan fingerprint density at radius 2 is 1.80 bits per heavy atom. The Kier molecular flexibility index (Phi) is 6.12. The van der Waals surface area contributed by atoms with Crippen molar-refractivity contribution in [2.45, 2.75) is 20.8 Å². The third kappa shape index (κ3) is 5.86. The SMILES string of the molecule is CC(Cl)=C[n+]1[te]c2ccc(C)cc2c1C.F[B-](F)(F)F. The topological polar surface area (TPSA) is 3.88 Å². The molecule has 2 aromatic rings. The number of benzene rings is 1. The van der Waals surface area contributed by atoms with Gasteiger partial charge in [-0.2, -0.15) is 0 Å². The first-order chi connectivity index (χ1) is 9.08. The molecule has 8 heteroatoms. The molecule has 20 heavy (non-hydrogen) atoms. The van der Waals surface area contributed by atoms with Gasteiger partial charge in [-0.3, -0.25) is 0 Å². The minimum absolute atomic E-state index is 0.282. The Morgan fingerprint density at radius 1 is 1.25 bits per heavy atom. The van der Waals surface area contributed by atoms with Crippen LogP contribution in [0.25, 0.3) is 15.0 Å². The van der Waals surface area contributed by atoms with Crippen LogP contribution in [0.1, 0.15) is 18.2 Å². The van der Waals surface area contributed by atoms with Crippen LogP contribution in [-0.4, -0.2) is 28.0 Å². The molecule has 0 bridgehead atoms. The number of halogens is 5. The van der Waals surface area contributed by atoms with Crippen LogP contribution in [0.3, 0.4) is 0 Å². The summed E-state index contributed by atoms with van der Waals surface area (Å²) in [5, 5.41) is 2.26. The number of rotatable bonds is 1. The number of aryl methyl sites for hydroxylation is 2. The summed E-state index contributed by atoms with van der Waals surface area (Å²) < 4.78 is 42.8. The molecule has 0 N–H and O–H groups in total. The van der Waals surface area contributed by atoms with Crippen molar-refractivity contribution in [3.05, 3.63) is 34.5 Å². The molecule has 110 valence electrons. The Bertz CT molecular complexity index is 626. The van der Waals surface area contributed by atoms with Crippen molar-refractivity contribution in [3.8, 4) is 0 Å². The fraction of sp³-hybridized carbons (Fsp3) is 0.250. The molecule has 1 aromatic heterocycles. The second-order valence-corrected chi connectivity index (χ2v) is 7.71. The van der Waals surface area contributed by atoms with Crippen molar-refractivity contribution in [2.24, 2.45) is 0 Å². The van der Waals surface area contributed by atoms with Gasteiger partial charge in [0, 0.05) is 0 Å². The molecule has 0 saturated carbocycles. The molecule has 0 atom stereocenters. The zero-order chi connectivity index (χ0) is 15.5. The molecule has 0 aliphatic heterocycles. The second-order valence-electron chi connectivity index (χ2n) is 4.21. The zero-order valence-electron chi connectivity index (χ0n) is 11.1. The van der Waals surface area contributed by atoms with Gasteiger partial charge in [-0.25, -0.2) is 0 Å². The molecule has 0 saturated heterocycles. The van der Waals surface area contributed by atoms with Gasteiger partial charge in [-0.15, -0.1) is 0 Å². The van der Waals surface area contributed by atoms with Crippen LogP contribution in [-0.2, 0) is 0 Å². The van der Waals surface area contributed by atoms with Gasteiger partial charge in [0.15, 0.2) is 0 Å². The van der Waals surface area contributed by atoms with Crippen LogP contribution in [0.5, 0.6) is 0 Å². The van der Waals surface area contributed by atoms with Crippen molar-refractivity contribution in [2.75, 3.05) is 0 Å². The third-order valence-electron chi connectivity index (χ3n) is 2.35. The van der Waals surface area contributed by atoms with E-state index in [1.807, 2.05) is 6.92 Å². The minimum Gasteiger partial charge on any atom is -0.418 e. The smallest absolute Gasteiger partial charge is 0.418 e. The number of allylic oxidation sites excluding steroid dienone is 1. The van der Waals surface area contributed by atoms with Gasteiger partial charge < -0.3 is 17.3 Å². The van der Waals surface area contributed by atoms with Gasteiger partial charge in [-0.1, -0.05) is 0 Å². The van der Waals surface area contributed by atoms with Crippen molar-refractivity contribution >= 4 is 54.6 Å². The summed E-state index contributed by atoms with van der Waals surface area (Å²) in [7, 11) is -6.00. The summed E-state index contributed by atoms with van der Waals surface area (Å²) in [6, 6.07) is 6.72. The molecule has 0 fully saturated rings. The van der Waals surface area contributed by atoms with Crippen LogP contribution in [0.4, 0.5) is 17.3 Å². The Morgan fingerprint density at radius 3 is 2.30 bits per heavy atom. The van der Waals surface area contributed by atoms with E-state index in [2.05, 4.69) is 41.0 Å². The summed E-state index contributed by atoms with van der Waals surface area (Å²) in [6.45, 7) is 6.24. The molecule has 1 aromatic carbocycles. The first kappa shape index (κ1) is 17.5. The van der Waals surface area contributed by atoms with E-state index in [9.17, 15) is 17.3 Å². The number of nitrogens with zero attached hydrogens (tertiary/aromatic N) is 1. The molecule has 0 amide bonds. The Balaban J connectivity index is 0.000000347. The van der Waals surface area contributed by atoms with E-state index in [1.54, 1.807) is 0 Å². The zero-order valence-corrected chi connectivity index (χ0v) is 14.2. The predicted molar refractivity (Wildman–Crippen MR) is 76.5 cm³/mol. The molecular weight excluding hydrogens is 408 g/mol. The van der Waals surface area contributed by atoms with Crippen LogP contribution >= 0.6 is 11.6 Å². The van der Waals surface area contributed by atoms with E-state index in [1.165, 1.54) is 20.0 Å². The first-order valence-corrected chi connectivity index (χ1v) is 8.29. The summed E-state index contributed by atoms with van der Waals surface area (Å²) >= 11 is 5.64. The molecule has 2 rings (SSSR count). The van der Waals surface area contributed by atoms with Gasteiger partial charge >= 0.3 is 113 Å². The third-order valence-corrected chi connectivity index (χ3v) is 5.67. The molecule has 0 aliphatic rings. The van der Waals surface area contributed by atoms with E-state index in [4.69, 9.17) is 11.6 Å². The van der Waals surface area contributed by atoms with Gasteiger partial charge in [-0.05, 0) is 0 Å². The summed E-state index contributed by atoms with van der Waals surface area (Å²) in [6.07, 6.45) is 2.05.